The number of likely N-dealkylation sites (N-methyl/N-ethyl adjacent to an activating group) is 1. The summed E-state index contributed by atoms with van der Waals surface area (Å²) in [5.41, 5.74) is 1.79. The van der Waals surface area contributed by atoms with Gasteiger partial charge in [-0.1, -0.05) is 42.5 Å². The molecule has 0 fully saturated rings. The van der Waals surface area contributed by atoms with Gasteiger partial charge >= 0.3 is 0 Å². The Hall–Kier alpha value is -2.18. The van der Waals surface area contributed by atoms with Crippen molar-refractivity contribution in [3.63, 3.8) is 0 Å². The second kappa shape index (κ2) is 6.14. The van der Waals surface area contributed by atoms with E-state index >= 15 is 0 Å². The number of nitrogens with zero attached hydrogens (tertiary/aromatic N) is 2. The zero-order valence-corrected chi connectivity index (χ0v) is 13.9. The first-order chi connectivity index (χ1) is 11.0. The van der Waals surface area contributed by atoms with Crippen LogP contribution in [0, 0.1) is 0 Å². The van der Waals surface area contributed by atoms with E-state index in [4.69, 9.17) is 0 Å². The zero-order chi connectivity index (χ0) is 16.4. The first kappa shape index (κ1) is 15.7. The standard InChI is InChI=1S/C17H19N3O2S/c1-20(2)15(13-8-4-3-5-9-13)12-18-17-14-10-6-7-11-16(14)23(21,22)19-17/h3-11,15H,12H2,1-2H3,(H,18,19)/t15-/m1/s1. The molecule has 0 radical (unpaired) electrons. The summed E-state index contributed by atoms with van der Waals surface area (Å²) in [5.74, 6) is 0.420. The topological polar surface area (TPSA) is 61.8 Å². The summed E-state index contributed by atoms with van der Waals surface area (Å²) in [6, 6.07) is 17.1. The zero-order valence-electron chi connectivity index (χ0n) is 13.1. The molecule has 1 heterocycles. The molecule has 0 aromatic heterocycles. The number of hydrogen-bond donors (Lipinski definition) is 1. The minimum atomic E-state index is -3.48. The van der Waals surface area contributed by atoms with Crippen LogP contribution in [0.2, 0.25) is 0 Å². The minimum absolute atomic E-state index is 0.0842. The fraction of sp³-hybridized carbons (Fsp3) is 0.235. The Morgan fingerprint density at radius 2 is 1.70 bits per heavy atom. The molecule has 3 rings (SSSR count). The van der Waals surface area contributed by atoms with Crippen molar-refractivity contribution in [2.45, 2.75) is 10.9 Å². The summed E-state index contributed by atoms with van der Waals surface area (Å²) in [7, 11) is 0.499. The Morgan fingerprint density at radius 3 is 2.39 bits per heavy atom. The van der Waals surface area contributed by atoms with Gasteiger partial charge in [0.15, 0.2) is 0 Å². The van der Waals surface area contributed by atoms with Crippen LogP contribution in [0.5, 0.6) is 0 Å². The van der Waals surface area contributed by atoms with Crippen molar-refractivity contribution in [3.8, 4) is 0 Å². The van der Waals surface area contributed by atoms with Gasteiger partial charge in [0.25, 0.3) is 10.0 Å². The normalized spacial score (nSPS) is 18.7. The molecule has 0 unspecified atom stereocenters. The molecule has 1 N–H and O–H groups in total. The molecule has 6 heteroatoms. The van der Waals surface area contributed by atoms with Crippen molar-refractivity contribution < 1.29 is 8.42 Å². The lowest BCUT2D eigenvalue weighted by atomic mass is 10.1. The van der Waals surface area contributed by atoms with E-state index in [2.05, 4.69) is 26.7 Å². The summed E-state index contributed by atoms with van der Waals surface area (Å²) in [6.45, 7) is 0.475. The molecule has 0 amide bonds. The quantitative estimate of drug-likeness (QED) is 0.933. The van der Waals surface area contributed by atoms with Crippen LogP contribution in [0.1, 0.15) is 17.2 Å². The second-order valence-corrected chi connectivity index (χ2v) is 7.33. The maximum absolute atomic E-state index is 12.1. The predicted molar refractivity (Wildman–Crippen MR) is 91.0 cm³/mol. The highest BCUT2D eigenvalue weighted by molar-refractivity contribution is 7.90. The number of fused-ring (bicyclic) bond motifs is 1. The lowest BCUT2D eigenvalue weighted by molar-refractivity contribution is 0.306. The Bertz CT molecular complexity index is 830. The van der Waals surface area contributed by atoms with Crippen LogP contribution in [-0.2, 0) is 10.0 Å². The van der Waals surface area contributed by atoms with Gasteiger partial charge in [-0.3, -0.25) is 9.71 Å². The molecular formula is C17H19N3O2S. The number of sulfonamides is 1. The van der Waals surface area contributed by atoms with E-state index in [1.807, 2.05) is 38.4 Å². The molecule has 23 heavy (non-hydrogen) atoms. The van der Waals surface area contributed by atoms with Crippen LogP contribution in [-0.4, -0.2) is 39.8 Å². The van der Waals surface area contributed by atoms with Crippen LogP contribution in [0.15, 0.2) is 64.5 Å². The van der Waals surface area contributed by atoms with E-state index < -0.39 is 10.0 Å². The Kier molecular flexibility index (Phi) is 4.19. The molecule has 5 nitrogen and oxygen atoms in total. The summed E-state index contributed by atoms with van der Waals surface area (Å²) in [6.07, 6.45) is 0. The molecule has 1 atom stereocenters. The highest BCUT2D eigenvalue weighted by atomic mass is 32.2. The van der Waals surface area contributed by atoms with Gasteiger partial charge in [-0.05, 0) is 31.8 Å². The first-order valence-electron chi connectivity index (χ1n) is 7.37. The fourth-order valence-corrected chi connectivity index (χ4v) is 3.92. The smallest absolute Gasteiger partial charge is 0.263 e. The Balaban J connectivity index is 1.91. The lowest BCUT2D eigenvalue weighted by Crippen LogP contribution is -2.26. The summed E-state index contributed by atoms with van der Waals surface area (Å²) < 4.78 is 26.8. The molecule has 0 bridgehead atoms. The van der Waals surface area contributed by atoms with E-state index in [9.17, 15) is 8.42 Å². The van der Waals surface area contributed by atoms with Crippen LogP contribution < -0.4 is 4.72 Å². The maximum Gasteiger partial charge on any atom is 0.263 e. The predicted octanol–water partition coefficient (Wildman–Crippen LogP) is 2.03. The van der Waals surface area contributed by atoms with Crippen molar-refractivity contribution >= 4 is 15.9 Å². The summed E-state index contributed by atoms with van der Waals surface area (Å²) in [4.78, 5) is 6.91. The van der Waals surface area contributed by atoms with Crippen LogP contribution in [0.4, 0.5) is 0 Å². The number of nitrogens with one attached hydrogen (secondary N) is 1. The molecule has 0 saturated heterocycles. The van der Waals surface area contributed by atoms with Crippen molar-refractivity contribution in [3.05, 3.63) is 65.7 Å². The number of aliphatic imine (C=N–C) groups is 1. The molecule has 2 aromatic rings. The molecule has 0 spiro atoms. The van der Waals surface area contributed by atoms with Crippen LogP contribution in [0.3, 0.4) is 0 Å². The average molecular weight is 329 g/mol. The van der Waals surface area contributed by atoms with Crippen molar-refractivity contribution in [2.24, 2.45) is 4.99 Å². The number of rotatable bonds is 4. The molecule has 0 aliphatic carbocycles. The second-order valence-electron chi connectivity index (χ2n) is 5.68. The monoisotopic (exact) mass is 329 g/mol. The van der Waals surface area contributed by atoms with Gasteiger partial charge in [0, 0.05) is 5.56 Å². The molecule has 2 aromatic carbocycles. The third-order valence-electron chi connectivity index (χ3n) is 3.89. The first-order valence-corrected chi connectivity index (χ1v) is 8.85. The third-order valence-corrected chi connectivity index (χ3v) is 5.29. The van der Waals surface area contributed by atoms with Gasteiger partial charge in [0.1, 0.15) is 5.84 Å². The van der Waals surface area contributed by atoms with Crippen LogP contribution in [0.25, 0.3) is 0 Å². The van der Waals surface area contributed by atoms with E-state index in [0.717, 1.165) is 5.56 Å². The minimum Gasteiger partial charge on any atom is -0.301 e. The van der Waals surface area contributed by atoms with Gasteiger partial charge in [-0.15, -0.1) is 0 Å². The molecule has 0 saturated carbocycles. The molecule has 120 valence electrons. The molecular weight excluding hydrogens is 310 g/mol. The summed E-state index contributed by atoms with van der Waals surface area (Å²) in [5, 5.41) is 0. The largest absolute Gasteiger partial charge is 0.301 e. The summed E-state index contributed by atoms with van der Waals surface area (Å²) >= 11 is 0. The van der Waals surface area contributed by atoms with Gasteiger partial charge in [0.2, 0.25) is 0 Å². The molecule has 1 aliphatic rings. The fourth-order valence-electron chi connectivity index (χ4n) is 2.67. The highest BCUT2D eigenvalue weighted by Gasteiger charge is 2.30. The van der Waals surface area contributed by atoms with E-state index in [1.165, 1.54) is 0 Å². The van der Waals surface area contributed by atoms with Gasteiger partial charge in [-0.2, -0.15) is 0 Å². The van der Waals surface area contributed by atoms with Gasteiger partial charge < -0.3 is 4.90 Å². The average Bonchev–Trinajstić information content (AvgIpc) is 2.80. The van der Waals surface area contributed by atoms with Crippen molar-refractivity contribution in [2.75, 3.05) is 20.6 Å². The highest BCUT2D eigenvalue weighted by Crippen LogP contribution is 2.24. The van der Waals surface area contributed by atoms with Crippen LogP contribution >= 0.6 is 0 Å². The van der Waals surface area contributed by atoms with Gasteiger partial charge in [-0.25, -0.2) is 8.42 Å². The SMILES string of the molecule is CN(C)[C@H](CN=C1NS(=O)(=O)c2ccccc21)c1ccccc1. The van der Waals surface area contributed by atoms with Crippen molar-refractivity contribution in [1.29, 1.82) is 0 Å². The number of hydrogen-bond acceptors (Lipinski definition) is 4. The number of amidine groups is 1. The van der Waals surface area contributed by atoms with E-state index in [0.29, 0.717) is 22.8 Å². The third kappa shape index (κ3) is 3.13. The Morgan fingerprint density at radius 1 is 1.04 bits per heavy atom. The lowest BCUT2D eigenvalue weighted by Gasteiger charge is -2.23. The number of benzene rings is 2. The van der Waals surface area contributed by atoms with Gasteiger partial charge in [0.05, 0.1) is 17.5 Å². The van der Waals surface area contributed by atoms with E-state index in [-0.39, 0.29) is 6.04 Å². The maximum atomic E-state index is 12.1. The Labute approximate surface area is 136 Å². The molecule has 1 aliphatic heterocycles. The van der Waals surface area contributed by atoms with Crippen molar-refractivity contribution in [1.82, 2.24) is 9.62 Å². The van der Waals surface area contributed by atoms with E-state index in [1.54, 1.807) is 18.2 Å².